The number of benzene rings is 2. The minimum absolute atomic E-state index is 0.000851. The van der Waals surface area contributed by atoms with Gasteiger partial charge in [-0.05, 0) is 30.4 Å². The maximum Gasteiger partial charge on any atom is 0.227 e. The molecule has 1 aliphatic rings. The van der Waals surface area contributed by atoms with Gasteiger partial charge in [-0.25, -0.2) is 0 Å². The van der Waals surface area contributed by atoms with Gasteiger partial charge in [0.2, 0.25) is 11.8 Å². The highest BCUT2D eigenvalue weighted by molar-refractivity contribution is 5.82. The van der Waals surface area contributed by atoms with E-state index in [-0.39, 0.29) is 29.1 Å². The lowest BCUT2D eigenvalue weighted by atomic mass is 9.88. The van der Waals surface area contributed by atoms with Gasteiger partial charge >= 0.3 is 0 Å². The Balaban J connectivity index is 1.52. The molecule has 160 valence electrons. The summed E-state index contributed by atoms with van der Waals surface area (Å²) in [4.78, 5) is 27.1. The van der Waals surface area contributed by atoms with Crippen molar-refractivity contribution in [1.29, 1.82) is 0 Å². The lowest BCUT2D eigenvalue weighted by Gasteiger charge is -2.35. The molecule has 0 unspecified atom stereocenters. The smallest absolute Gasteiger partial charge is 0.227 e. The van der Waals surface area contributed by atoms with Gasteiger partial charge in [0, 0.05) is 36.9 Å². The summed E-state index contributed by atoms with van der Waals surface area (Å²) < 4.78 is 0. The zero-order valence-electron chi connectivity index (χ0n) is 18.4. The Labute approximate surface area is 180 Å². The maximum absolute atomic E-state index is 12.7. The number of carbonyl (C=O) groups excluding carboxylic acids is 2. The van der Waals surface area contributed by atoms with E-state index in [2.05, 4.69) is 53.8 Å². The van der Waals surface area contributed by atoms with Crippen molar-refractivity contribution in [2.45, 2.75) is 46.0 Å². The number of nitrogens with one attached hydrogen (secondary N) is 1. The van der Waals surface area contributed by atoms with Crippen molar-refractivity contribution in [1.82, 2.24) is 10.2 Å². The van der Waals surface area contributed by atoms with Crippen LogP contribution in [-0.4, -0.2) is 36.3 Å². The first kappa shape index (κ1) is 22.1. The van der Waals surface area contributed by atoms with Crippen molar-refractivity contribution in [3.05, 3.63) is 71.8 Å². The minimum Gasteiger partial charge on any atom is -0.356 e. The second kappa shape index (κ2) is 9.92. The predicted octanol–water partition coefficient (Wildman–Crippen LogP) is 4.61. The number of rotatable bonds is 6. The lowest BCUT2D eigenvalue weighted by molar-refractivity contribution is -0.142. The van der Waals surface area contributed by atoms with Gasteiger partial charge in [0.25, 0.3) is 0 Å². The van der Waals surface area contributed by atoms with E-state index in [4.69, 9.17) is 0 Å². The number of piperidine rings is 1. The first-order chi connectivity index (χ1) is 14.4. The lowest BCUT2D eigenvalue weighted by Crippen LogP contribution is -2.46. The molecule has 2 amide bonds. The summed E-state index contributed by atoms with van der Waals surface area (Å²) >= 11 is 0. The zero-order valence-corrected chi connectivity index (χ0v) is 18.4. The van der Waals surface area contributed by atoms with E-state index in [9.17, 15) is 9.59 Å². The molecule has 0 radical (unpaired) electrons. The van der Waals surface area contributed by atoms with Crippen LogP contribution in [0.2, 0.25) is 0 Å². The van der Waals surface area contributed by atoms with Crippen LogP contribution in [0.5, 0.6) is 0 Å². The van der Waals surface area contributed by atoms with Gasteiger partial charge in [0.05, 0.1) is 0 Å². The Bertz CT molecular complexity index is 780. The SMILES string of the molecule is CC(C)(C)C(=O)N1CCC(C(=O)NCCC(c2ccccc2)c2ccccc2)CC1. The van der Waals surface area contributed by atoms with E-state index >= 15 is 0 Å². The Hall–Kier alpha value is -2.62. The summed E-state index contributed by atoms with van der Waals surface area (Å²) in [5, 5.41) is 3.15. The van der Waals surface area contributed by atoms with Crippen molar-refractivity contribution in [2.75, 3.05) is 19.6 Å². The number of hydrogen-bond donors (Lipinski definition) is 1. The second-order valence-corrected chi connectivity index (χ2v) is 9.27. The van der Waals surface area contributed by atoms with Crippen LogP contribution in [0.25, 0.3) is 0 Å². The van der Waals surface area contributed by atoms with Crippen molar-refractivity contribution in [2.24, 2.45) is 11.3 Å². The van der Waals surface area contributed by atoms with E-state index < -0.39 is 0 Å². The van der Waals surface area contributed by atoms with Gasteiger partial charge in [-0.15, -0.1) is 0 Å². The van der Waals surface area contributed by atoms with Gasteiger partial charge < -0.3 is 10.2 Å². The number of nitrogens with zero attached hydrogens (tertiary/aromatic N) is 1. The maximum atomic E-state index is 12.7. The highest BCUT2D eigenvalue weighted by Gasteiger charge is 2.32. The molecule has 4 heteroatoms. The minimum atomic E-state index is -0.362. The van der Waals surface area contributed by atoms with Crippen molar-refractivity contribution < 1.29 is 9.59 Å². The summed E-state index contributed by atoms with van der Waals surface area (Å²) in [6.45, 7) is 7.84. The third kappa shape index (κ3) is 5.71. The second-order valence-electron chi connectivity index (χ2n) is 9.27. The Morgan fingerprint density at radius 3 is 1.90 bits per heavy atom. The van der Waals surface area contributed by atoms with Crippen molar-refractivity contribution in [3.63, 3.8) is 0 Å². The van der Waals surface area contributed by atoms with Gasteiger partial charge in [0.1, 0.15) is 0 Å². The molecule has 0 saturated carbocycles. The molecule has 0 spiro atoms. The van der Waals surface area contributed by atoms with E-state index in [1.807, 2.05) is 37.8 Å². The van der Waals surface area contributed by atoms with E-state index in [1.54, 1.807) is 0 Å². The molecule has 4 nitrogen and oxygen atoms in total. The number of hydrogen-bond acceptors (Lipinski definition) is 2. The van der Waals surface area contributed by atoms with Crippen LogP contribution in [0.1, 0.15) is 57.1 Å². The Kier molecular flexibility index (Phi) is 7.30. The fourth-order valence-corrected chi connectivity index (χ4v) is 4.20. The van der Waals surface area contributed by atoms with Crippen LogP contribution < -0.4 is 5.32 Å². The molecule has 1 fully saturated rings. The zero-order chi connectivity index (χ0) is 21.6. The molecule has 0 aromatic heterocycles. The summed E-state index contributed by atoms with van der Waals surface area (Å²) in [7, 11) is 0. The average molecular weight is 407 g/mol. The molecule has 2 aromatic carbocycles. The van der Waals surface area contributed by atoms with Gasteiger partial charge in [0.15, 0.2) is 0 Å². The quantitative estimate of drug-likeness (QED) is 0.762. The molecule has 1 aliphatic heterocycles. The third-order valence-corrected chi connectivity index (χ3v) is 5.93. The van der Waals surface area contributed by atoms with Crippen LogP contribution >= 0.6 is 0 Å². The molecule has 2 aromatic rings. The first-order valence-corrected chi connectivity index (χ1v) is 11.0. The molecule has 1 heterocycles. The molecule has 1 N–H and O–H groups in total. The van der Waals surface area contributed by atoms with Gasteiger partial charge in [-0.2, -0.15) is 0 Å². The summed E-state index contributed by atoms with van der Waals surface area (Å²) in [5.41, 5.74) is 2.18. The third-order valence-electron chi connectivity index (χ3n) is 5.93. The predicted molar refractivity (Wildman–Crippen MR) is 121 cm³/mol. The fraction of sp³-hybridized carbons (Fsp3) is 0.462. The molecule has 30 heavy (non-hydrogen) atoms. The van der Waals surface area contributed by atoms with Crippen molar-refractivity contribution >= 4 is 11.8 Å². The Morgan fingerprint density at radius 1 is 0.933 bits per heavy atom. The summed E-state index contributed by atoms with van der Waals surface area (Å²) in [5.74, 6) is 0.563. The van der Waals surface area contributed by atoms with Crippen LogP contribution in [0.3, 0.4) is 0 Å². The molecule has 0 atom stereocenters. The van der Waals surface area contributed by atoms with Gasteiger partial charge in [-0.3, -0.25) is 9.59 Å². The Morgan fingerprint density at radius 2 is 1.43 bits per heavy atom. The first-order valence-electron chi connectivity index (χ1n) is 11.0. The van der Waals surface area contributed by atoms with Crippen LogP contribution in [0.4, 0.5) is 0 Å². The normalized spacial score (nSPS) is 15.3. The highest BCUT2D eigenvalue weighted by Crippen LogP contribution is 2.28. The molecule has 3 rings (SSSR count). The van der Waals surface area contributed by atoms with E-state index in [0.717, 1.165) is 19.3 Å². The largest absolute Gasteiger partial charge is 0.356 e. The number of amides is 2. The van der Waals surface area contributed by atoms with E-state index in [0.29, 0.717) is 19.6 Å². The summed E-state index contributed by atoms with van der Waals surface area (Å²) in [6, 6.07) is 20.9. The van der Waals surface area contributed by atoms with E-state index in [1.165, 1.54) is 11.1 Å². The van der Waals surface area contributed by atoms with Crippen molar-refractivity contribution in [3.8, 4) is 0 Å². The highest BCUT2D eigenvalue weighted by atomic mass is 16.2. The number of carbonyl (C=O) groups is 2. The molecule has 0 bridgehead atoms. The molecular weight excluding hydrogens is 372 g/mol. The number of likely N-dealkylation sites (tertiary alicyclic amines) is 1. The monoisotopic (exact) mass is 406 g/mol. The summed E-state index contributed by atoms with van der Waals surface area (Å²) in [6.07, 6.45) is 2.35. The molecular formula is C26H34N2O2. The average Bonchev–Trinajstić information content (AvgIpc) is 2.77. The van der Waals surface area contributed by atoms with Crippen LogP contribution in [-0.2, 0) is 9.59 Å². The van der Waals surface area contributed by atoms with Crippen LogP contribution in [0, 0.1) is 11.3 Å². The molecule has 1 saturated heterocycles. The topological polar surface area (TPSA) is 49.4 Å². The standard InChI is InChI=1S/C26H34N2O2/c1-26(2,3)25(30)28-18-15-22(16-19-28)24(29)27-17-14-23(20-10-6-4-7-11-20)21-12-8-5-9-13-21/h4-13,22-23H,14-19H2,1-3H3,(H,27,29). The van der Waals surface area contributed by atoms with Gasteiger partial charge in [-0.1, -0.05) is 81.4 Å². The fourth-order valence-electron chi connectivity index (χ4n) is 4.20. The molecule has 0 aliphatic carbocycles. The van der Waals surface area contributed by atoms with Crippen LogP contribution in [0.15, 0.2) is 60.7 Å².